The normalized spacial score (nSPS) is 12.6. The van der Waals surface area contributed by atoms with Crippen molar-refractivity contribution in [2.75, 3.05) is 10.8 Å². The number of halogens is 1. The van der Waals surface area contributed by atoms with E-state index in [1.165, 1.54) is 29.2 Å². The quantitative estimate of drug-likeness (QED) is 0.175. The van der Waals surface area contributed by atoms with Gasteiger partial charge in [0, 0.05) is 24.0 Å². The lowest BCUT2D eigenvalue weighted by molar-refractivity contribution is -0.140. The summed E-state index contributed by atoms with van der Waals surface area (Å²) in [6.07, 6.45) is 0.978. The fourth-order valence-electron chi connectivity index (χ4n) is 4.92. The lowest BCUT2D eigenvalue weighted by atomic mass is 10.0. The number of aryl methyl sites for hydroxylation is 2. The van der Waals surface area contributed by atoms with Crippen molar-refractivity contribution in [1.29, 1.82) is 0 Å². The van der Waals surface area contributed by atoms with Crippen molar-refractivity contribution in [3.8, 4) is 0 Å². The molecule has 2 atom stereocenters. The zero-order chi connectivity index (χ0) is 32.6. The van der Waals surface area contributed by atoms with Gasteiger partial charge in [-0.15, -0.1) is 0 Å². The molecule has 0 bridgehead atoms. The van der Waals surface area contributed by atoms with Crippen LogP contribution in [0.3, 0.4) is 0 Å². The smallest absolute Gasteiger partial charge is 0.264 e. The Morgan fingerprint density at radius 1 is 0.822 bits per heavy atom. The molecule has 0 fully saturated rings. The van der Waals surface area contributed by atoms with Gasteiger partial charge in [-0.1, -0.05) is 85.3 Å². The predicted octanol–water partition coefficient (Wildman–Crippen LogP) is 6.71. The second kappa shape index (κ2) is 15.2. The molecule has 4 aromatic rings. The van der Waals surface area contributed by atoms with Gasteiger partial charge in [-0.25, -0.2) is 8.42 Å². The second-order valence-corrected chi connectivity index (χ2v) is 13.6. The maximum atomic E-state index is 14.5. The molecule has 0 radical (unpaired) electrons. The van der Waals surface area contributed by atoms with Crippen molar-refractivity contribution in [2.45, 2.75) is 64.1 Å². The zero-order valence-electron chi connectivity index (χ0n) is 26.1. The summed E-state index contributed by atoms with van der Waals surface area (Å²) in [6.45, 7) is 7.34. The Morgan fingerprint density at radius 3 is 2.00 bits per heavy atom. The number of carbonyl (C=O) groups excluding carboxylic acids is 2. The molecule has 1 N–H and O–H groups in total. The summed E-state index contributed by atoms with van der Waals surface area (Å²) in [7, 11) is -4.20. The summed E-state index contributed by atoms with van der Waals surface area (Å²) in [5, 5.41) is 3.45. The maximum absolute atomic E-state index is 14.5. The van der Waals surface area contributed by atoms with Gasteiger partial charge in [-0.3, -0.25) is 13.9 Å². The van der Waals surface area contributed by atoms with Crippen LogP contribution < -0.4 is 9.62 Å². The summed E-state index contributed by atoms with van der Waals surface area (Å²) in [4.78, 5) is 29.9. The highest BCUT2D eigenvalue weighted by Gasteiger charge is 2.35. The highest BCUT2D eigenvalue weighted by atomic mass is 35.5. The van der Waals surface area contributed by atoms with Crippen LogP contribution >= 0.6 is 11.6 Å². The van der Waals surface area contributed by atoms with Crippen molar-refractivity contribution < 1.29 is 18.0 Å². The Balaban J connectivity index is 1.81. The van der Waals surface area contributed by atoms with E-state index in [-0.39, 0.29) is 29.8 Å². The molecule has 0 aliphatic heterocycles. The Labute approximate surface area is 271 Å². The lowest BCUT2D eigenvalue weighted by Crippen LogP contribution is -2.54. The predicted molar refractivity (Wildman–Crippen MR) is 181 cm³/mol. The van der Waals surface area contributed by atoms with Crippen LogP contribution in [0.2, 0.25) is 5.02 Å². The summed E-state index contributed by atoms with van der Waals surface area (Å²) in [5.41, 5.74) is 3.92. The number of hydrogen-bond acceptors (Lipinski definition) is 4. The largest absolute Gasteiger partial charge is 0.352 e. The number of sulfonamides is 1. The molecular weight excluding hydrogens is 606 g/mol. The van der Waals surface area contributed by atoms with Gasteiger partial charge in [0.1, 0.15) is 12.6 Å². The van der Waals surface area contributed by atoms with Crippen LogP contribution in [0.5, 0.6) is 0 Å². The van der Waals surface area contributed by atoms with Gasteiger partial charge in [0.05, 0.1) is 10.6 Å². The average molecular weight is 646 g/mol. The third-order valence-electron chi connectivity index (χ3n) is 7.93. The Hall–Kier alpha value is -4.14. The minimum Gasteiger partial charge on any atom is -0.352 e. The van der Waals surface area contributed by atoms with Crippen molar-refractivity contribution in [1.82, 2.24) is 10.2 Å². The first-order chi connectivity index (χ1) is 21.5. The molecule has 2 amide bonds. The molecule has 236 valence electrons. The van der Waals surface area contributed by atoms with Crippen molar-refractivity contribution in [3.05, 3.63) is 130 Å². The van der Waals surface area contributed by atoms with Crippen molar-refractivity contribution in [3.63, 3.8) is 0 Å². The number of benzene rings is 4. The Bertz CT molecular complexity index is 1700. The van der Waals surface area contributed by atoms with E-state index in [0.29, 0.717) is 10.7 Å². The Morgan fingerprint density at radius 2 is 1.42 bits per heavy atom. The second-order valence-electron chi connectivity index (χ2n) is 11.3. The molecule has 0 heterocycles. The van der Waals surface area contributed by atoms with Crippen LogP contribution in [0.25, 0.3) is 0 Å². The minimum absolute atomic E-state index is 0.00267. The Kier molecular flexibility index (Phi) is 11.4. The van der Waals surface area contributed by atoms with E-state index < -0.39 is 28.5 Å². The number of rotatable bonds is 13. The molecule has 7 nitrogen and oxygen atoms in total. The first kappa shape index (κ1) is 33.7. The molecular formula is C36H40ClN3O4S. The van der Waals surface area contributed by atoms with Crippen LogP contribution in [-0.4, -0.2) is 43.8 Å². The monoisotopic (exact) mass is 645 g/mol. The number of anilines is 1. The number of amides is 2. The number of carbonyl (C=O) groups is 2. The lowest BCUT2D eigenvalue weighted by Gasteiger charge is -2.34. The van der Waals surface area contributed by atoms with E-state index in [4.69, 9.17) is 11.6 Å². The first-order valence-electron chi connectivity index (χ1n) is 15.0. The fourth-order valence-corrected chi connectivity index (χ4v) is 6.45. The van der Waals surface area contributed by atoms with Gasteiger partial charge in [0.15, 0.2) is 0 Å². The number of nitrogens with zero attached hydrogens (tertiary/aromatic N) is 2. The van der Waals surface area contributed by atoms with Gasteiger partial charge in [-0.2, -0.15) is 0 Å². The van der Waals surface area contributed by atoms with Crippen LogP contribution in [-0.2, 0) is 32.6 Å². The van der Waals surface area contributed by atoms with E-state index >= 15 is 0 Å². The summed E-state index contributed by atoms with van der Waals surface area (Å²) < 4.78 is 29.5. The highest BCUT2D eigenvalue weighted by Crippen LogP contribution is 2.27. The average Bonchev–Trinajstić information content (AvgIpc) is 3.03. The molecule has 0 spiro atoms. The van der Waals surface area contributed by atoms with Gasteiger partial charge in [0.25, 0.3) is 10.0 Å². The molecule has 0 aliphatic rings. The van der Waals surface area contributed by atoms with Crippen LogP contribution in [0.4, 0.5) is 5.69 Å². The van der Waals surface area contributed by atoms with E-state index in [1.54, 1.807) is 12.1 Å². The van der Waals surface area contributed by atoms with Gasteiger partial charge >= 0.3 is 0 Å². The molecule has 9 heteroatoms. The molecule has 0 aliphatic carbocycles. The first-order valence-corrected chi connectivity index (χ1v) is 16.8. The highest BCUT2D eigenvalue weighted by molar-refractivity contribution is 7.92. The SMILES string of the molecule is CC[C@H](C)NC(=O)[C@H](Cc1ccccc1)N(Cc1ccccc1)C(=O)CN(c1ccc(C)c(C)c1)S(=O)(=O)c1ccc(Cl)cc1. The summed E-state index contributed by atoms with van der Waals surface area (Å²) in [6, 6.07) is 29.1. The number of nitrogens with one attached hydrogen (secondary N) is 1. The molecule has 4 aromatic carbocycles. The fraction of sp³-hybridized carbons (Fsp3) is 0.278. The molecule has 0 saturated carbocycles. The van der Waals surface area contributed by atoms with E-state index in [1.807, 2.05) is 94.4 Å². The number of hydrogen-bond donors (Lipinski definition) is 1. The zero-order valence-corrected chi connectivity index (χ0v) is 27.7. The summed E-state index contributed by atoms with van der Waals surface area (Å²) in [5.74, 6) is -0.800. The third kappa shape index (κ3) is 8.74. The van der Waals surface area contributed by atoms with Crippen molar-refractivity contribution >= 4 is 39.1 Å². The van der Waals surface area contributed by atoms with Crippen LogP contribution in [0.1, 0.15) is 42.5 Å². The summed E-state index contributed by atoms with van der Waals surface area (Å²) >= 11 is 6.07. The van der Waals surface area contributed by atoms with Crippen LogP contribution in [0.15, 0.2) is 108 Å². The standard InChI is InChI=1S/C36H40ClN3O4S/c1-5-28(4)38-36(42)34(23-29-12-8-6-9-13-29)39(24-30-14-10-7-11-15-30)35(41)25-40(32-19-16-26(2)27(3)22-32)45(43,44)33-20-17-31(37)18-21-33/h6-22,28,34H,5,23-25H2,1-4H3,(H,38,42)/t28-,34-/m0/s1. The van der Waals surface area contributed by atoms with Gasteiger partial charge in [-0.05, 0) is 85.8 Å². The molecule has 0 unspecified atom stereocenters. The molecule has 4 rings (SSSR count). The molecule has 0 saturated heterocycles. The van der Waals surface area contributed by atoms with Crippen LogP contribution in [0, 0.1) is 13.8 Å². The van der Waals surface area contributed by atoms with Crippen molar-refractivity contribution in [2.24, 2.45) is 0 Å². The topological polar surface area (TPSA) is 86.8 Å². The molecule has 45 heavy (non-hydrogen) atoms. The maximum Gasteiger partial charge on any atom is 0.264 e. The van der Waals surface area contributed by atoms with E-state index in [9.17, 15) is 18.0 Å². The minimum atomic E-state index is -4.20. The van der Waals surface area contributed by atoms with Gasteiger partial charge in [0.2, 0.25) is 11.8 Å². The van der Waals surface area contributed by atoms with E-state index in [2.05, 4.69) is 5.32 Å². The van der Waals surface area contributed by atoms with E-state index in [0.717, 1.165) is 33.0 Å². The molecule has 0 aromatic heterocycles. The van der Waals surface area contributed by atoms with Gasteiger partial charge < -0.3 is 10.2 Å². The third-order valence-corrected chi connectivity index (χ3v) is 9.97.